The highest BCUT2D eigenvalue weighted by Crippen LogP contribution is 2.35. The van der Waals surface area contributed by atoms with Crippen LogP contribution in [-0.4, -0.2) is 0 Å². The van der Waals surface area contributed by atoms with Crippen molar-refractivity contribution in [2.75, 3.05) is 0 Å². The molecule has 1 aliphatic rings. The minimum atomic E-state index is -0.223. The van der Waals surface area contributed by atoms with Gasteiger partial charge >= 0.3 is 0 Å². The maximum Gasteiger partial charge on any atom is 0.123 e. The van der Waals surface area contributed by atoms with Crippen molar-refractivity contribution in [3.05, 3.63) is 83.2 Å². The number of fused-ring (bicyclic) bond motifs is 1. The topological polar surface area (TPSA) is 0 Å². The van der Waals surface area contributed by atoms with Crippen LogP contribution in [0.25, 0.3) is 10.8 Å². The van der Waals surface area contributed by atoms with Crippen LogP contribution in [0.2, 0.25) is 0 Å². The van der Waals surface area contributed by atoms with E-state index in [9.17, 15) is 4.39 Å². The van der Waals surface area contributed by atoms with Crippen LogP contribution in [-0.2, 0) is 0 Å². The first kappa shape index (κ1) is 17.4. The largest absolute Gasteiger partial charge is 0.207 e. The van der Waals surface area contributed by atoms with Crippen molar-refractivity contribution in [2.45, 2.75) is 31.6 Å². The summed E-state index contributed by atoms with van der Waals surface area (Å²) >= 11 is 0. The Morgan fingerprint density at radius 3 is 2.37 bits per heavy atom. The standard InChI is InChI=1S/C26H21F/c1-2-19-6-11-21(12-7-19)22-13-8-20(9-14-22)10-15-23-4-3-5-24-18-25(27)16-17-26(23)24/h1,3-5,8-9,13-14,16-19,21H,6-7,11-12H2. The molecule has 0 N–H and O–H groups in total. The number of benzene rings is 3. The smallest absolute Gasteiger partial charge is 0.123 e. The Labute approximate surface area is 160 Å². The van der Waals surface area contributed by atoms with E-state index in [1.54, 1.807) is 12.1 Å². The van der Waals surface area contributed by atoms with Crippen molar-refractivity contribution in [2.24, 2.45) is 5.92 Å². The van der Waals surface area contributed by atoms with Gasteiger partial charge in [-0.05, 0) is 78.3 Å². The van der Waals surface area contributed by atoms with Crippen molar-refractivity contribution in [1.29, 1.82) is 0 Å². The second-order valence-electron chi connectivity index (χ2n) is 7.26. The monoisotopic (exact) mass is 352 g/mol. The summed E-state index contributed by atoms with van der Waals surface area (Å²) in [6.45, 7) is 0. The maximum atomic E-state index is 13.4. The van der Waals surface area contributed by atoms with Gasteiger partial charge in [0.05, 0.1) is 0 Å². The minimum Gasteiger partial charge on any atom is -0.207 e. The third-order valence-electron chi connectivity index (χ3n) is 5.53. The van der Waals surface area contributed by atoms with Crippen LogP contribution >= 0.6 is 0 Å². The molecule has 0 amide bonds. The van der Waals surface area contributed by atoms with Gasteiger partial charge < -0.3 is 0 Å². The number of hydrogen-bond acceptors (Lipinski definition) is 0. The molecule has 0 atom stereocenters. The first-order chi connectivity index (χ1) is 13.2. The molecule has 1 saturated carbocycles. The molecule has 1 heteroatoms. The van der Waals surface area contributed by atoms with Gasteiger partial charge in [-0.25, -0.2) is 4.39 Å². The summed E-state index contributed by atoms with van der Waals surface area (Å²) in [6.07, 6.45) is 10.2. The average Bonchev–Trinajstić information content (AvgIpc) is 2.72. The number of rotatable bonds is 1. The quantitative estimate of drug-likeness (QED) is 0.452. The minimum absolute atomic E-state index is 0.223. The first-order valence-corrected chi connectivity index (χ1v) is 9.49. The lowest BCUT2D eigenvalue weighted by Gasteiger charge is -2.25. The number of hydrogen-bond donors (Lipinski definition) is 0. The first-order valence-electron chi connectivity index (χ1n) is 9.49. The highest BCUT2D eigenvalue weighted by Gasteiger charge is 2.20. The van der Waals surface area contributed by atoms with Crippen LogP contribution in [0.15, 0.2) is 60.7 Å². The van der Waals surface area contributed by atoms with Crippen molar-refractivity contribution < 1.29 is 4.39 Å². The van der Waals surface area contributed by atoms with Gasteiger partial charge in [0.2, 0.25) is 0 Å². The van der Waals surface area contributed by atoms with E-state index in [0.29, 0.717) is 11.8 Å². The van der Waals surface area contributed by atoms with E-state index in [1.165, 1.54) is 24.5 Å². The fourth-order valence-electron chi connectivity index (χ4n) is 3.94. The van der Waals surface area contributed by atoms with Gasteiger partial charge in [0.15, 0.2) is 0 Å². The zero-order valence-corrected chi connectivity index (χ0v) is 15.2. The lowest BCUT2D eigenvalue weighted by molar-refractivity contribution is 0.385. The van der Waals surface area contributed by atoms with Crippen LogP contribution < -0.4 is 0 Å². The van der Waals surface area contributed by atoms with E-state index < -0.39 is 0 Å². The highest BCUT2D eigenvalue weighted by atomic mass is 19.1. The highest BCUT2D eigenvalue weighted by molar-refractivity contribution is 5.88. The molecule has 0 unspecified atom stereocenters. The lowest BCUT2D eigenvalue weighted by Crippen LogP contribution is -2.11. The van der Waals surface area contributed by atoms with E-state index in [2.05, 4.69) is 42.0 Å². The zero-order valence-electron chi connectivity index (χ0n) is 15.2. The molecular weight excluding hydrogens is 331 g/mol. The summed E-state index contributed by atoms with van der Waals surface area (Å²) in [5.74, 6) is 10.2. The fourth-order valence-corrected chi connectivity index (χ4v) is 3.94. The van der Waals surface area contributed by atoms with E-state index in [-0.39, 0.29) is 5.82 Å². The Hall–Kier alpha value is -3.03. The Morgan fingerprint density at radius 2 is 1.63 bits per heavy atom. The Kier molecular flexibility index (Phi) is 4.95. The van der Waals surface area contributed by atoms with Crippen LogP contribution in [0.1, 0.15) is 48.3 Å². The van der Waals surface area contributed by atoms with Gasteiger partial charge in [0.25, 0.3) is 0 Å². The predicted octanol–water partition coefficient (Wildman–Crippen LogP) is 6.29. The summed E-state index contributed by atoms with van der Waals surface area (Å²) in [6, 6.07) is 19.2. The second-order valence-corrected chi connectivity index (χ2v) is 7.26. The van der Waals surface area contributed by atoms with E-state index >= 15 is 0 Å². The van der Waals surface area contributed by atoms with E-state index in [1.807, 2.05) is 18.2 Å². The normalized spacial score (nSPS) is 19.1. The summed E-state index contributed by atoms with van der Waals surface area (Å²) < 4.78 is 13.4. The SMILES string of the molecule is C#CC1CCC(c2ccc(C#Cc3cccc4cc(F)ccc34)cc2)CC1. The molecule has 0 nitrogen and oxygen atoms in total. The average molecular weight is 352 g/mol. The molecule has 0 aromatic heterocycles. The second kappa shape index (κ2) is 7.69. The number of halogens is 1. The summed E-state index contributed by atoms with van der Waals surface area (Å²) in [5.41, 5.74) is 3.30. The van der Waals surface area contributed by atoms with Gasteiger partial charge in [0.1, 0.15) is 5.82 Å². The maximum absolute atomic E-state index is 13.4. The molecular formula is C26H21F. The molecule has 0 spiro atoms. The molecule has 1 fully saturated rings. The zero-order chi connectivity index (χ0) is 18.6. The molecule has 3 aromatic carbocycles. The van der Waals surface area contributed by atoms with Crippen LogP contribution in [0.3, 0.4) is 0 Å². The van der Waals surface area contributed by atoms with Crippen LogP contribution in [0, 0.1) is 35.9 Å². The van der Waals surface area contributed by atoms with Gasteiger partial charge in [-0.15, -0.1) is 12.3 Å². The van der Waals surface area contributed by atoms with Crippen LogP contribution in [0.4, 0.5) is 4.39 Å². The molecule has 0 saturated heterocycles. The molecule has 27 heavy (non-hydrogen) atoms. The van der Waals surface area contributed by atoms with Crippen molar-refractivity contribution in [3.63, 3.8) is 0 Å². The summed E-state index contributed by atoms with van der Waals surface area (Å²) in [5, 5.41) is 1.85. The fraction of sp³-hybridized carbons (Fsp3) is 0.231. The summed E-state index contributed by atoms with van der Waals surface area (Å²) in [4.78, 5) is 0. The molecule has 0 radical (unpaired) electrons. The molecule has 0 aliphatic heterocycles. The Balaban J connectivity index is 1.53. The molecule has 0 bridgehead atoms. The van der Waals surface area contributed by atoms with Gasteiger partial charge in [-0.2, -0.15) is 0 Å². The molecule has 132 valence electrons. The lowest BCUT2D eigenvalue weighted by atomic mass is 9.79. The molecule has 1 aliphatic carbocycles. The van der Waals surface area contributed by atoms with Gasteiger partial charge in [-0.3, -0.25) is 0 Å². The third kappa shape index (κ3) is 3.89. The van der Waals surface area contributed by atoms with E-state index in [4.69, 9.17) is 6.42 Å². The van der Waals surface area contributed by atoms with Gasteiger partial charge in [0, 0.05) is 17.0 Å². The molecule has 0 heterocycles. The van der Waals surface area contributed by atoms with Crippen molar-refractivity contribution in [1.82, 2.24) is 0 Å². The van der Waals surface area contributed by atoms with Crippen LogP contribution in [0.5, 0.6) is 0 Å². The van der Waals surface area contributed by atoms with Gasteiger partial charge in [-0.1, -0.05) is 42.2 Å². The Bertz CT molecular complexity index is 1050. The molecule has 4 rings (SSSR count). The van der Waals surface area contributed by atoms with E-state index in [0.717, 1.165) is 34.7 Å². The molecule has 3 aromatic rings. The Morgan fingerprint density at radius 1 is 0.852 bits per heavy atom. The van der Waals surface area contributed by atoms with Crippen molar-refractivity contribution >= 4 is 10.8 Å². The predicted molar refractivity (Wildman–Crippen MR) is 110 cm³/mol. The number of terminal acetylenes is 1. The summed E-state index contributed by atoms with van der Waals surface area (Å²) in [7, 11) is 0. The third-order valence-corrected chi connectivity index (χ3v) is 5.53. The van der Waals surface area contributed by atoms with Crippen molar-refractivity contribution in [3.8, 4) is 24.2 Å².